The minimum atomic E-state index is 0.367. The van der Waals surface area contributed by atoms with Crippen molar-refractivity contribution in [3.05, 3.63) is 0 Å². The third-order valence-electron chi connectivity index (χ3n) is 2.13. The Morgan fingerprint density at radius 2 is 2.36 bits per heavy atom. The molecule has 1 saturated heterocycles. The summed E-state index contributed by atoms with van der Waals surface area (Å²) in [5, 5.41) is 11.8. The van der Waals surface area contributed by atoms with Gasteiger partial charge in [0.2, 0.25) is 0 Å². The van der Waals surface area contributed by atoms with Crippen LogP contribution in [0.15, 0.2) is 0 Å². The highest BCUT2D eigenvalue weighted by atomic mass is 15.3. The molecule has 1 heterocycles. The molecule has 2 atom stereocenters. The molecule has 62 valence electrons. The van der Waals surface area contributed by atoms with Gasteiger partial charge < -0.3 is 5.32 Å². The summed E-state index contributed by atoms with van der Waals surface area (Å²) < 4.78 is 0. The molecular weight excluding hydrogens is 138 g/mol. The second-order valence-corrected chi connectivity index (χ2v) is 3.28. The van der Waals surface area contributed by atoms with E-state index in [1.807, 2.05) is 0 Å². The minimum absolute atomic E-state index is 0.367. The van der Waals surface area contributed by atoms with Gasteiger partial charge in [-0.2, -0.15) is 5.26 Å². The molecule has 0 amide bonds. The monoisotopic (exact) mass is 153 g/mol. The molecule has 1 fully saturated rings. The van der Waals surface area contributed by atoms with Crippen LogP contribution in [0.2, 0.25) is 0 Å². The predicted octanol–water partition coefficient (Wildman–Crippen LogP) is 0.397. The lowest BCUT2D eigenvalue weighted by atomic mass is 10.1. The van der Waals surface area contributed by atoms with E-state index in [4.69, 9.17) is 5.26 Å². The summed E-state index contributed by atoms with van der Waals surface area (Å²) in [6.45, 7) is 6.95. The summed E-state index contributed by atoms with van der Waals surface area (Å²) in [6.07, 6.45) is 0.367. The third kappa shape index (κ3) is 2.18. The van der Waals surface area contributed by atoms with Crippen molar-refractivity contribution in [1.29, 1.82) is 5.26 Å². The van der Waals surface area contributed by atoms with Crippen molar-refractivity contribution in [2.24, 2.45) is 5.92 Å². The van der Waals surface area contributed by atoms with Crippen LogP contribution in [-0.2, 0) is 0 Å². The Kier molecular flexibility index (Phi) is 2.86. The van der Waals surface area contributed by atoms with Crippen molar-refractivity contribution in [3.63, 3.8) is 0 Å². The lowest BCUT2D eigenvalue weighted by Crippen LogP contribution is -2.52. The molecule has 1 aliphatic heterocycles. The lowest BCUT2D eigenvalue weighted by molar-refractivity contribution is 0.127. The van der Waals surface area contributed by atoms with Crippen LogP contribution in [0.1, 0.15) is 13.8 Å². The number of hydrogen-bond donors (Lipinski definition) is 1. The van der Waals surface area contributed by atoms with E-state index in [1.54, 1.807) is 0 Å². The van der Waals surface area contributed by atoms with Crippen molar-refractivity contribution >= 4 is 0 Å². The molecule has 0 bridgehead atoms. The van der Waals surface area contributed by atoms with Gasteiger partial charge in [-0.05, 0) is 12.8 Å². The van der Waals surface area contributed by atoms with Crippen LogP contribution in [0.25, 0.3) is 0 Å². The van der Waals surface area contributed by atoms with Crippen LogP contribution in [0, 0.1) is 17.2 Å². The molecular formula is C8H15N3. The SMILES string of the molecule is CC1CNC(C)N(CC#N)C1. The molecule has 0 aromatic carbocycles. The van der Waals surface area contributed by atoms with Gasteiger partial charge in [0.15, 0.2) is 0 Å². The average Bonchev–Trinajstić information content (AvgIpc) is 1.98. The van der Waals surface area contributed by atoms with E-state index < -0.39 is 0 Å². The van der Waals surface area contributed by atoms with Gasteiger partial charge in [-0.25, -0.2) is 0 Å². The molecule has 2 unspecified atom stereocenters. The van der Waals surface area contributed by atoms with Gasteiger partial charge in [0.05, 0.1) is 18.8 Å². The molecule has 0 aliphatic carbocycles. The molecule has 0 aromatic rings. The lowest BCUT2D eigenvalue weighted by Gasteiger charge is -2.35. The molecule has 0 spiro atoms. The summed E-state index contributed by atoms with van der Waals surface area (Å²) in [6, 6.07) is 2.17. The Bertz CT molecular complexity index is 161. The number of nitrogens with one attached hydrogen (secondary N) is 1. The fourth-order valence-electron chi connectivity index (χ4n) is 1.42. The van der Waals surface area contributed by atoms with E-state index >= 15 is 0 Å². The van der Waals surface area contributed by atoms with Crippen molar-refractivity contribution in [2.45, 2.75) is 20.0 Å². The van der Waals surface area contributed by atoms with E-state index in [2.05, 4.69) is 30.1 Å². The first-order valence-electron chi connectivity index (χ1n) is 4.08. The molecule has 1 N–H and O–H groups in total. The van der Waals surface area contributed by atoms with Crippen LogP contribution in [0.5, 0.6) is 0 Å². The summed E-state index contributed by atoms with van der Waals surface area (Å²) >= 11 is 0. The molecule has 0 radical (unpaired) electrons. The first-order chi connectivity index (χ1) is 5.24. The van der Waals surface area contributed by atoms with E-state index in [-0.39, 0.29) is 0 Å². The van der Waals surface area contributed by atoms with Crippen LogP contribution in [0.3, 0.4) is 0 Å². The Balaban J connectivity index is 2.42. The standard InChI is InChI=1S/C8H15N3/c1-7-5-10-8(2)11(6-7)4-3-9/h7-8,10H,4-6H2,1-2H3. The molecule has 0 aromatic heterocycles. The summed E-state index contributed by atoms with van der Waals surface area (Å²) in [4.78, 5) is 2.16. The minimum Gasteiger partial charge on any atom is -0.302 e. The molecule has 11 heavy (non-hydrogen) atoms. The van der Waals surface area contributed by atoms with Gasteiger partial charge in [-0.3, -0.25) is 4.90 Å². The number of rotatable bonds is 1. The second kappa shape index (κ2) is 3.70. The highest BCUT2D eigenvalue weighted by Crippen LogP contribution is 2.07. The maximum Gasteiger partial charge on any atom is 0.0878 e. The third-order valence-corrected chi connectivity index (χ3v) is 2.13. The van der Waals surface area contributed by atoms with Gasteiger partial charge in [0.1, 0.15) is 0 Å². The average molecular weight is 153 g/mol. The van der Waals surface area contributed by atoms with Gasteiger partial charge >= 0.3 is 0 Å². The smallest absolute Gasteiger partial charge is 0.0878 e. The fraction of sp³-hybridized carbons (Fsp3) is 0.875. The van der Waals surface area contributed by atoms with Gasteiger partial charge in [0.25, 0.3) is 0 Å². The first-order valence-corrected chi connectivity index (χ1v) is 4.08. The van der Waals surface area contributed by atoms with E-state index in [9.17, 15) is 0 Å². The second-order valence-electron chi connectivity index (χ2n) is 3.28. The van der Waals surface area contributed by atoms with Gasteiger partial charge in [0, 0.05) is 13.1 Å². The van der Waals surface area contributed by atoms with Crippen LogP contribution < -0.4 is 5.32 Å². The quantitative estimate of drug-likeness (QED) is 0.554. The van der Waals surface area contributed by atoms with E-state index in [0.717, 1.165) is 13.1 Å². The maximum absolute atomic E-state index is 8.50. The van der Waals surface area contributed by atoms with Crippen molar-refractivity contribution in [2.75, 3.05) is 19.6 Å². The molecule has 0 saturated carbocycles. The summed E-state index contributed by atoms with van der Waals surface area (Å²) in [7, 11) is 0. The highest BCUT2D eigenvalue weighted by molar-refractivity contribution is 4.83. The Morgan fingerprint density at radius 1 is 1.64 bits per heavy atom. The fourth-order valence-corrected chi connectivity index (χ4v) is 1.42. The Hall–Kier alpha value is -0.590. The molecule has 3 heteroatoms. The van der Waals surface area contributed by atoms with Crippen LogP contribution >= 0.6 is 0 Å². The zero-order valence-electron chi connectivity index (χ0n) is 7.17. The number of hydrogen-bond acceptors (Lipinski definition) is 3. The van der Waals surface area contributed by atoms with E-state index in [0.29, 0.717) is 18.6 Å². The van der Waals surface area contributed by atoms with Crippen molar-refractivity contribution < 1.29 is 0 Å². The van der Waals surface area contributed by atoms with Crippen LogP contribution in [-0.4, -0.2) is 30.7 Å². The first kappa shape index (κ1) is 8.51. The van der Waals surface area contributed by atoms with Gasteiger partial charge in [-0.1, -0.05) is 6.92 Å². The molecule has 1 rings (SSSR count). The van der Waals surface area contributed by atoms with Gasteiger partial charge in [-0.15, -0.1) is 0 Å². The maximum atomic E-state index is 8.50. The number of nitriles is 1. The Labute approximate surface area is 68.0 Å². The van der Waals surface area contributed by atoms with Crippen molar-refractivity contribution in [3.8, 4) is 6.07 Å². The number of nitrogens with zero attached hydrogens (tertiary/aromatic N) is 2. The highest BCUT2D eigenvalue weighted by Gasteiger charge is 2.21. The molecule has 3 nitrogen and oxygen atoms in total. The summed E-state index contributed by atoms with van der Waals surface area (Å²) in [5.41, 5.74) is 0. The summed E-state index contributed by atoms with van der Waals surface area (Å²) in [5.74, 6) is 0.666. The normalized spacial score (nSPS) is 33.2. The zero-order valence-corrected chi connectivity index (χ0v) is 7.17. The largest absolute Gasteiger partial charge is 0.302 e. The van der Waals surface area contributed by atoms with E-state index in [1.165, 1.54) is 0 Å². The molecule has 1 aliphatic rings. The zero-order chi connectivity index (χ0) is 8.27. The van der Waals surface area contributed by atoms with Crippen molar-refractivity contribution in [1.82, 2.24) is 10.2 Å². The predicted molar refractivity (Wildman–Crippen MR) is 43.8 cm³/mol. The Morgan fingerprint density at radius 3 is 3.00 bits per heavy atom. The topological polar surface area (TPSA) is 39.1 Å². The van der Waals surface area contributed by atoms with Crippen LogP contribution in [0.4, 0.5) is 0 Å².